The number of likely N-dealkylation sites (tertiary alicyclic amines) is 1. The van der Waals surface area contributed by atoms with E-state index in [2.05, 4.69) is 10.6 Å². The Morgan fingerprint density at radius 2 is 1.64 bits per heavy atom. The van der Waals surface area contributed by atoms with Crippen LogP contribution >= 0.6 is 11.6 Å². The Balaban J connectivity index is 1.42. The summed E-state index contributed by atoms with van der Waals surface area (Å²) in [5.74, 6) is -0.262. The molecule has 1 aromatic heterocycles. The molecule has 2 fully saturated rings. The third-order valence-electron chi connectivity index (χ3n) is 9.95. The van der Waals surface area contributed by atoms with E-state index in [0.29, 0.717) is 54.3 Å². The fourth-order valence-electron chi connectivity index (χ4n) is 7.56. The number of amides is 3. The van der Waals surface area contributed by atoms with Crippen molar-refractivity contribution in [3.63, 3.8) is 0 Å². The Morgan fingerprint density at radius 3 is 2.28 bits per heavy atom. The summed E-state index contributed by atoms with van der Waals surface area (Å²) in [6.45, 7) is 9.48. The molecule has 252 valence electrons. The molecule has 1 saturated heterocycles. The van der Waals surface area contributed by atoms with Gasteiger partial charge in [0.1, 0.15) is 11.7 Å². The van der Waals surface area contributed by atoms with Gasteiger partial charge in [0.15, 0.2) is 5.43 Å². The highest BCUT2D eigenvalue weighted by Crippen LogP contribution is 2.46. The van der Waals surface area contributed by atoms with Crippen LogP contribution in [0.25, 0.3) is 10.9 Å². The van der Waals surface area contributed by atoms with Crippen LogP contribution in [0.15, 0.2) is 59.4 Å². The lowest BCUT2D eigenvalue weighted by molar-refractivity contribution is -0.147. The summed E-state index contributed by atoms with van der Waals surface area (Å²) in [4.78, 5) is 57.1. The maximum atomic E-state index is 14.3. The predicted molar refractivity (Wildman–Crippen MR) is 188 cm³/mol. The number of benzene rings is 2. The Labute approximate surface area is 283 Å². The molecule has 0 spiro atoms. The van der Waals surface area contributed by atoms with Crippen molar-refractivity contribution in [3.8, 4) is 0 Å². The largest absolute Gasteiger partial charge is 0.351 e. The van der Waals surface area contributed by atoms with Crippen LogP contribution in [-0.4, -0.2) is 51.9 Å². The number of hydrogen-bond donors (Lipinski definition) is 2. The number of nitrogens with one attached hydrogen (secondary N) is 2. The van der Waals surface area contributed by atoms with Crippen LogP contribution in [0.3, 0.4) is 0 Å². The van der Waals surface area contributed by atoms with Gasteiger partial charge in [0, 0.05) is 48.1 Å². The fourth-order valence-corrected chi connectivity index (χ4v) is 7.68. The summed E-state index contributed by atoms with van der Waals surface area (Å²) in [6, 6.07) is 15.1. The number of para-hydroxylation sites is 1. The normalized spacial score (nSPS) is 17.7. The summed E-state index contributed by atoms with van der Waals surface area (Å²) in [6.07, 6.45) is 7.74. The average molecular weight is 661 g/mol. The lowest BCUT2D eigenvalue weighted by atomic mass is 9.63. The molecule has 9 heteroatoms. The molecule has 0 unspecified atom stereocenters. The Kier molecular flexibility index (Phi) is 10.8. The minimum absolute atomic E-state index is 0.0974. The molecular weight excluding hydrogens is 612 g/mol. The monoisotopic (exact) mass is 660 g/mol. The van der Waals surface area contributed by atoms with Crippen molar-refractivity contribution >= 4 is 40.2 Å². The lowest BCUT2D eigenvalue weighted by Gasteiger charge is -2.48. The lowest BCUT2D eigenvalue weighted by Crippen LogP contribution is -2.59. The van der Waals surface area contributed by atoms with Crippen molar-refractivity contribution in [1.82, 2.24) is 20.1 Å². The third-order valence-corrected chi connectivity index (χ3v) is 10.2. The van der Waals surface area contributed by atoms with Gasteiger partial charge in [0.25, 0.3) is 5.91 Å². The molecule has 1 saturated carbocycles. The van der Waals surface area contributed by atoms with E-state index >= 15 is 0 Å². The van der Waals surface area contributed by atoms with Crippen LogP contribution in [0.1, 0.15) is 95.1 Å². The quantitative estimate of drug-likeness (QED) is 0.273. The Morgan fingerprint density at radius 1 is 0.979 bits per heavy atom. The first-order chi connectivity index (χ1) is 22.4. The van der Waals surface area contributed by atoms with Gasteiger partial charge < -0.3 is 20.1 Å². The third kappa shape index (κ3) is 7.91. The number of rotatable bonds is 9. The van der Waals surface area contributed by atoms with Crippen LogP contribution < -0.4 is 16.1 Å². The van der Waals surface area contributed by atoms with E-state index in [0.717, 1.165) is 37.7 Å². The zero-order valence-corrected chi connectivity index (χ0v) is 29.0. The molecule has 0 radical (unpaired) electrons. The maximum Gasteiger partial charge on any atom is 0.268 e. The summed E-state index contributed by atoms with van der Waals surface area (Å²) in [5.41, 5.74) is 0.689. The minimum atomic E-state index is -0.870. The summed E-state index contributed by atoms with van der Waals surface area (Å²) in [5, 5.41) is 7.43. The van der Waals surface area contributed by atoms with E-state index in [1.54, 1.807) is 18.2 Å². The molecule has 1 aliphatic carbocycles. The second kappa shape index (κ2) is 14.6. The number of carbonyl (C=O) groups excluding carboxylic acids is 3. The number of aromatic nitrogens is 1. The topological polar surface area (TPSA) is 101 Å². The van der Waals surface area contributed by atoms with Crippen LogP contribution in [0, 0.1) is 11.3 Å². The molecule has 1 aliphatic heterocycles. The van der Waals surface area contributed by atoms with Crippen molar-refractivity contribution in [2.45, 2.75) is 104 Å². The summed E-state index contributed by atoms with van der Waals surface area (Å²) in [7, 11) is 0. The first kappa shape index (κ1) is 34.7. The van der Waals surface area contributed by atoms with Gasteiger partial charge in [-0.25, -0.2) is 0 Å². The predicted octanol–water partition coefficient (Wildman–Crippen LogP) is 6.51. The highest BCUT2D eigenvalue weighted by molar-refractivity contribution is 6.30. The Bertz CT molecular complexity index is 1640. The molecule has 0 bridgehead atoms. The highest BCUT2D eigenvalue weighted by Gasteiger charge is 2.49. The summed E-state index contributed by atoms with van der Waals surface area (Å²) < 4.78 is 1.86. The molecule has 2 aliphatic rings. The molecule has 2 heterocycles. The van der Waals surface area contributed by atoms with E-state index < -0.39 is 17.4 Å². The van der Waals surface area contributed by atoms with E-state index in [4.69, 9.17) is 11.6 Å². The number of nitrogens with zero attached hydrogens (tertiary/aromatic N) is 2. The van der Waals surface area contributed by atoms with Crippen molar-refractivity contribution in [1.29, 1.82) is 0 Å². The van der Waals surface area contributed by atoms with Gasteiger partial charge in [-0.05, 0) is 88.6 Å². The van der Waals surface area contributed by atoms with E-state index in [-0.39, 0.29) is 34.9 Å². The molecule has 8 nitrogen and oxygen atoms in total. The van der Waals surface area contributed by atoms with Gasteiger partial charge >= 0.3 is 0 Å². The molecule has 3 aromatic rings. The second-order valence-corrected chi connectivity index (χ2v) is 14.9. The first-order valence-electron chi connectivity index (χ1n) is 17.2. The van der Waals surface area contributed by atoms with Crippen molar-refractivity contribution in [3.05, 3.63) is 81.1 Å². The zero-order valence-electron chi connectivity index (χ0n) is 28.2. The standard InChI is InChI=1S/C38H49ClN4O4/c1-5-21-43-31-14-10-9-13-29(31)33(44)25-32(43)34(45)40-30(24-26-15-17-28(39)18-16-26)35(46)42-22-19-38(20-23-42,27-11-7-6-8-12-27)36(47)41-37(2,3)4/h9-10,13-18,25,27,30H,5-8,11-12,19-24H2,1-4H3,(H,40,45)(H,41,47)/t30-/m1/s1. The number of carbonyl (C=O) groups is 3. The Hall–Kier alpha value is -3.65. The van der Waals surface area contributed by atoms with E-state index in [1.165, 1.54) is 12.5 Å². The van der Waals surface area contributed by atoms with Gasteiger partial charge in [-0.15, -0.1) is 0 Å². The number of pyridine rings is 1. The second-order valence-electron chi connectivity index (χ2n) is 14.4. The van der Waals surface area contributed by atoms with Crippen molar-refractivity contribution < 1.29 is 14.4 Å². The highest BCUT2D eigenvalue weighted by atomic mass is 35.5. The molecule has 5 rings (SSSR count). The first-order valence-corrected chi connectivity index (χ1v) is 17.6. The molecule has 1 atom stereocenters. The number of fused-ring (bicyclic) bond motifs is 1. The SMILES string of the molecule is CCCn1c(C(=O)N[C@H](Cc2ccc(Cl)cc2)C(=O)N2CCC(C(=O)NC(C)(C)C)(C3CCCCC3)CC2)cc(=O)c2ccccc21. The average Bonchev–Trinajstić information content (AvgIpc) is 3.06. The van der Waals surface area contributed by atoms with Gasteiger partial charge in [0.05, 0.1) is 10.9 Å². The van der Waals surface area contributed by atoms with Gasteiger partial charge in [-0.3, -0.25) is 19.2 Å². The molecule has 2 N–H and O–H groups in total. The maximum absolute atomic E-state index is 14.3. The number of aryl methyl sites for hydroxylation is 1. The van der Waals surface area contributed by atoms with Crippen LogP contribution in [-0.2, 0) is 22.6 Å². The van der Waals surface area contributed by atoms with E-state index in [1.807, 2.05) is 67.5 Å². The van der Waals surface area contributed by atoms with Crippen LogP contribution in [0.5, 0.6) is 0 Å². The van der Waals surface area contributed by atoms with E-state index in [9.17, 15) is 19.2 Å². The number of piperidine rings is 1. The minimum Gasteiger partial charge on any atom is -0.351 e. The number of hydrogen-bond acceptors (Lipinski definition) is 4. The van der Waals surface area contributed by atoms with Gasteiger partial charge in [-0.2, -0.15) is 0 Å². The zero-order chi connectivity index (χ0) is 33.8. The summed E-state index contributed by atoms with van der Waals surface area (Å²) >= 11 is 6.15. The fraction of sp³-hybridized carbons (Fsp3) is 0.526. The van der Waals surface area contributed by atoms with Crippen LogP contribution in [0.2, 0.25) is 5.02 Å². The van der Waals surface area contributed by atoms with Gasteiger partial charge in [0.2, 0.25) is 11.8 Å². The number of halogens is 1. The van der Waals surface area contributed by atoms with Crippen molar-refractivity contribution in [2.24, 2.45) is 11.3 Å². The molecular formula is C38H49ClN4O4. The molecule has 2 aromatic carbocycles. The van der Waals surface area contributed by atoms with Crippen LogP contribution in [0.4, 0.5) is 0 Å². The van der Waals surface area contributed by atoms with Gasteiger partial charge in [-0.1, -0.05) is 62.1 Å². The molecule has 47 heavy (non-hydrogen) atoms. The molecule has 3 amide bonds. The smallest absolute Gasteiger partial charge is 0.268 e. The van der Waals surface area contributed by atoms with Crippen molar-refractivity contribution in [2.75, 3.05) is 13.1 Å².